The summed E-state index contributed by atoms with van der Waals surface area (Å²) in [5.74, 6) is -1.79. The van der Waals surface area contributed by atoms with Crippen LogP contribution in [0.2, 0.25) is 0 Å². The van der Waals surface area contributed by atoms with Crippen molar-refractivity contribution in [2.75, 3.05) is 13.2 Å². The van der Waals surface area contributed by atoms with Crippen LogP contribution in [0.25, 0.3) is 0 Å². The number of aliphatic carboxylic acids is 1. The monoisotopic (exact) mass is 215 g/mol. The Morgan fingerprint density at radius 3 is 2.87 bits per heavy atom. The van der Waals surface area contributed by atoms with E-state index in [0.717, 1.165) is 19.4 Å². The predicted octanol–water partition coefficient (Wildman–Crippen LogP) is 0.392. The van der Waals surface area contributed by atoms with Crippen LogP contribution in [0.15, 0.2) is 0 Å². The van der Waals surface area contributed by atoms with E-state index in [1.807, 2.05) is 0 Å². The van der Waals surface area contributed by atoms with Crippen LogP contribution in [0.3, 0.4) is 0 Å². The van der Waals surface area contributed by atoms with Crippen LogP contribution < -0.4 is 5.32 Å². The minimum Gasteiger partial charge on any atom is -0.481 e. The minimum absolute atomic E-state index is 0.0298. The highest BCUT2D eigenvalue weighted by Gasteiger charge is 2.18. The molecule has 0 spiro atoms. The standard InChI is InChI=1S/C10H17NO4/c1-7(10(13)14)5-9(12)11-6-8-3-2-4-15-8/h7-8H,2-6H2,1H3,(H,11,12)(H,13,14). The second-order valence-electron chi connectivity index (χ2n) is 3.88. The number of nitrogens with one attached hydrogen (secondary N) is 1. The Morgan fingerprint density at radius 1 is 1.60 bits per heavy atom. The highest BCUT2D eigenvalue weighted by atomic mass is 16.5. The Balaban J connectivity index is 2.15. The molecule has 1 rings (SSSR count). The Morgan fingerprint density at radius 2 is 2.33 bits per heavy atom. The third-order valence-electron chi connectivity index (χ3n) is 2.46. The van der Waals surface area contributed by atoms with Crippen LogP contribution in [0.1, 0.15) is 26.2 Å². The molecule has 0 bridgehead atoms. The summed E-state index contributed by atoms with van der Waals surface area (Å²) < 4.78 is 5.32. The highest BCUT2D eigenvalue weighted by Crippen LogP contribution is 2.10. The molecule has 15 heavy (non-hydrogen) atoms. The molecule has 2 unspecified atom stereocenters. The molecule has 0 aromatic rings. The lowest BCUT2D eigenvalue weighted by atomic mass is 10.1. The molecule has 0 saturated carbocycles. The number of carbonyl (C=O) groups is 2. The molecule has 1 aliphatic heterocycles. The van der Waals surface area contributed by atoms with E-state index in [0.29, 0.717) is 6.54 Å². The number of carboxylic acid groups (broad SMARTS) is 1. The molecule has 1 heterocycles. The van der Waals surface area contributed by atoms with Crippen LogP contribution in [0.5, 0.6) is 0 Å². The van der Waals surface area contributed by atoms with E-state index in [1.165, 1.54) is 6.92 Å². The summed E-state index contributed by atoms with van der Waals surface area (Å²) in [6.07, 6.45) is 2.14. The van der Waals surface area contributed by atoms with Crippen molar-refractivity contribution < 1.29 is 19.4 Å². The Hall–Kier alpha value is -1.10. The summed E-state index contributed by atoms with van der Waals surface area (Å²) in [4.78, 5) is 21.8. The molecule has 86 valence electrons. The first-order valence-electron chi connectivity index (χ1n) is 5.20. The summed E-state index contributed by atoms with van der Waals surface area (Å²) in [5.41, 5.74) is 0. The van der Waals surface area contributed by atoms with Crippen LogP contribution in [0.4, 0.5) is 0 Å². The first-order chi connectivity index (χ1) is 7.09. The molecule has 2 atom stereocenters. The summed E-state index contributed by atoms with van der Waals surface area (Å²) in [5, 5.41) is 11.3. The van der Waals surface area contributed by atoms with Gasteiger partial charge in [0.15, 0.2) is 0 Å². The van der Waals surface area contributed by atoms with E-state index in [1.54, 1.807) is 0 Å². The Labute approximate surface area is 88.8 Å². The topological polar surface area (TPSA) is 75.6 Å². The van der Waals surface area contributed by atoms with E-state index in [4.69, 9.17) is 9.84 Å². The van der Waals surface area contributed by atoms with E-state index < -0.39 is 11.9 Å². The van der Waals surface area contributed by atoms with Crippen LogP contribution >= 0.6 is 0 Å². The third-order valence-corrected chi connectivity index (χ3v) is 2.46. The van der Waals surface area contributed by atoms with Gasteiger partial charge < -0.3 is 15.2 Å². The van der Waals surface area contributed by atoms with Crippen molar-refractivity contribution in [3.05, 3.63) is 0 Å². The first kappa shape index (κ1) is 12.0. The molecular formula is C10H17NO4. The maximum atomic E-state index is 11.3. The van der Waals surface area contributed by atoms with Crippen molar-refractivity contribution in [2.24, 2.45) is 5.92 Å². The smallest absolute Gasteiger partial charge is 0.306 e. The molecule has 5 nitrogen and oxygen atoms in total. The lowest BCUT2D eigenvalue weighted by Crippen LogP contribution is -2.33. The summed E-state index contributed by atoms with van der Waals surface area (Å²) in [6, 6.07) is 0. The normalized spacial score (nSPS) is 22.3. The van der Waals surface area contributed by atoms with E-state index in [9.17, 15) is 9.59 Å². The zero-order chi connectivity index (χ0) is 11.3. The Bertz CT molecular complexity index is 236. The fraction of sp³-hybridized carbons (Fsp3) is 0.800. The van der Waals surface area contributed by atoms with Gasteiger partial charge in [-0.2, -0.15) is 0 Å². The molecular weight excluding hydrogens is 198 g/mol. The lowest BCUT2D eigenvalue weighted by molar-refractivity contribution is -0.143. The fourth-order valence-electron chi connectivity index (χ4n) is 1.47. The largest absolute Gasteiger partial charge is 0.481 e. The number of rotatable bonds is 5. The van der Waals surface area contributed by atoms with Crippen LogP contribution in [0, 0.1) is 5.92 Å². The quantitative estimate of drug-likeness (QED) is 0.695. The molecule has 0 aromatic heterocycles. The molecule has 1 saturated heterocycles. The van der Waals surface area contributed by atoms with Gasteiger partial charge >= 0.3 is 5.97 Å². The van der Waals surface area contributed by atoms with Gasteiger partial charge in [0.25, 0.3) is 0 Å². The average Bonchev–Trinajstić information content (AvgIpc) is 2.66. The van der Waals surface area contributed by atoms with Gasteiger partial charge in [0.1, 0.15) is 0 Å². The van der Waals surface area contributed by atoms with Gasteiger partial charge in [0, 0.05) is 19.6 Å². The molecule has 1 amide bonds. The fourth-order valence-corrected chi connectivity index (χ4v) is 1.47. The number of hydrogen-bond acceptors (Lipinski definition) is 3. The van der Waals surface area contributed by atoms with Crippen molar-refractivity contribution in [1.29, 1.82) is 0 Å². The van der Waals surface area contributed by atoms with Crippen LogP contribution in [-0.2, 0) is 14.3 Å². The summed E-state index contributed by atoms with van der Waals surface area (Å²) >= 11 is 0. The minimum atomic E-state index is -0.942. The first-order valence-corrected chi connectivity index (χ1v) is 5.20. The third kappa shape index (κ3) is 4.29. The number of hydrogen-bond donors (Lipinski definition) is 2. The maximum absolute atomic E-state index is 11.3. The zero-order valence-corrected chi connectivity index (χ0v) is 8.86. The second-order valence-corrected chi connectivity index (χ2v) is 3.88. The molecule has 1 aliphatic rings. The molecule has 1 fully saturated rings. The number of carboxylic acids is 1. The maximum Gasteiger partial charge on any atom is 0.306 e. The zero-order valence-electron chi connectivity index (χ0n) is 8.86. The van der Waals surface area contributed by atoms with Gasteiger partial charge in [0.05, 0.1) is 12.0 Å². The van der Waals surface area contributed by atoms with Gasteiger partial charge in [-0.15, -0.1) is 0 Å². The van der Waals surface area contributed by atoms with Gasteiger partial charge in [-0.3, -0.25) is 9.59 Å². The van der Waals surface area contributed by atoms with Gasteiger partial charge in [-0.25, -0.2) is 0 Å². The highest BCUT2D eigenvalue weighted by molar-refractivity contribution is 5.81. The summed E-state index contributed by atoms with van der Waals surface area (Å²) in [6.45, 7) is 2.77. The number of amides is 1. The van der Waals surface area contributed by atoms with Gasteiger partial charge in [0.2, 0.25) is 5.91 Å². The van der Waals surface area contributed by atoms with Crippen molar-refractivity contribution >= 4 is 11.9 Å². The molecule has 0 aromatic carbocycles. The number of ether oxygens (including phenoxy) is 1. The number of carbonyl (C=O) groups excluding carboxylic acids is 1. The molecule has 0 aliphatic carbocycles. The van der Waals surface area contributed by atoms with E-state index in [2.05, 4.69) is 5.32 Å². The van der Waals surface area contributed by atoms with Gasteiger partial charge in [-0.1, -0.05) is 6.92 Å². The lowest BCUT2D eigenvalue weighted by Gasteiger charge is -2.11. The molecule has 0 radical (unpaired) electrons. The summed E-state index contributed by atoms with van der Waals surface area (Å²) in [7, 11) is 0. The molecule has 5 heteroatoms. The SMILES string of the molecule is CC(CC(=O)NCC1CCCO1)C(=O)O. The second kappa shape index (κ2) is 5.70. The van der Waals surface area contributed by atoms with Crippen molar-refractivity contribution in [3.8, 4) is 0 Å². The average molecular weight is 215 g/mol. The van der Waals surface area contributed by atoms with Gasteiger partial charge in [-0.05, 0) is 12.8 Å². The van der Waals surface area contributed by atoms with Crippen LogP contribution in [-0.4, -0.2) is 36.2 Å². The predicted molar refractivity (Wildman–Crippen MR) is 53.4 cm³/mol. The van der Waals surface area contributed by atoms with Crippen molar-refractivity contribution in [3.63, 3.8) is 0 Å². The van der Waals surface area contributed by atoms with Crippen molar-refractivity contribution in [2.45, 2.75) is 32.3 Å². The van der Waals surface area contributed by atoms with E-state index >= 15 is 0 Å². The van der Waals surface area contributed by atoms with E-state index in [-0.39, 0.29) is 18.4 Å². The molecule has 2 N–H and O–H groups in total. The Kier molecular flexibility index (Phi) is 4.55. The van der Waals surface area contributed by atoms with Crippen molar-refractivity contribution in [1.82, 2.24) is 5.32 Å².